The number of hydrogen-bond donors (Lipinski definition) is 4. The molecule has 0 spiro atoms. The Balaban J connectivity index is 1.35. The third-order valence-electron chi connectivity index (χ3n) is 7.90. The topological polar surface area (TPSA) is 145 Å². The van der Waals surface area contributed by atoms with Gasteiger partial charge in [-0.2, -0.15) is 4.68 Å². The molecule has 2 amide bonds. The van der Waals surface area contributed by atoms with Crippen LogP contribution in [-0.2, 0) is 11.2 Å². The fraction of sp³-hybridized carbons (Fsp3) is 0.111. The molecule has 0 saturated heterocycles. The molecule has 5 aromatic carbocycles. The first-order chi connectivity index (χ1) is 22.2. The van der Waals surface area contributed by atoms with Crippen LogP contribution in [0.3, 0.4) is 0 Å². The van der Waals surface area contributed by atoms with Crippen LogP contribution < -0.4 is 22.1 Å². The highest BCUT2D eigenvalue weighted by molar-refractivity contribution is 6.14. The fourth-order valence-electron chi connectivity index (χ4n) is 5.63. The zero-order valence-electron chi connectivity index (χ0n) is 25.0. The number of carbonyl (C=O) groups is 3. The van der Waals surface area contributed by atoms with Crippen molar-refractivity contribution in [3.05, 3.63) is 126 Å². The average Bonchev–Trinajstić information content (AvgIpc) is 3.41. The predicted molar refractivity (Wildman–Crippen MR) is 178 cm³/mol. The van der Waals surface area contributed by atoms with Crippen LogP contribution in [0.2, 0.25) is 0 Å². The molecule has 9 nitrogen and oxygen atoms in total. The quantitative estimate of drug-likeness (QED) is 0.179. The molecule has 46 heavy (non-hydrogen) atoms. The Morgan fingerprint density at radius 2 is 1.70 bits per heavy atom. The maximum absolute atomic E-state index is 13.9. The number of nitrogen functional groups attached to an aromatic ring is 1. The Morgan fingerprint density at radius 1 is 0.913 bits per heavy atom. The molecule has 10 heteroatoms. The Kier molecular flexibility index (Phi) is 8.28. The van der Waals surface area contributed by atoms with E-state index in [9.17, 15) is 18.8 Å². The first-order valence-electron chi connectivity index (χ1n) is 14.7. The summed E-state index contributed by atoms with van der Waals surface area (Å²) < 4.78 is 15.0. The van der Waals surface area contributed by atoms with Crippen molar-refractivity contribution in [1.29, 1.82) is 0 Å². The number of nitrogens with two attached hydrogens (primary N) is 2. The van der Waals surface area contributed by atoms with Crippen LogP contribution in [0.15, 0.2) is 103 Å². The van der Waals surface area contributed by atoms with Gasteiger partial charge in [-0.25, -0.2) is 4.39 Å². The summed E-state index contributed by atoms with van der Waals surface area (Å²) in [4.78, 5) is 39.3. The average molecular weight is 615 g/mol. The molecule has 1 heterocycles. The van der Waals surface area contributed by atoms with E-state index in [-0.39, 0.29) is 30.5 Å². The van der Waals surface area contributed by atoms with Gasteiger partial charge in [0.15, 0.2) is 5.82 Å². The van der Waals surface area contributed by atoms with Gasteiger partial charge in [0.1, 0.15) is 11.9 Å². The lowest BCUT2D eigenvalue weighted by molar-refractivity contribution is -0.120. The van der Waals surface area contributed by atoms with Crippen LogP contribution in [0.4, 0.5) is 15.9 Å². The summed E-state index contributed by atoms with van der Waals surface area (Å²) in [6.07, 6.45) is 0.244. The molecule has 0 aliphatic carbocycles. The van der Waals surface area contributed by atoms with Crippen LogP contribution in [-0.4, -0.2) is 40.1 Å². The van der Waals surface area contributed by atoms with Crippen molar-refractivity contribution >= 4 is 50.9 Å². The van der Waals surface area contributed by atoms with E-state index >= 15 is 0 Å². The Hall–Kier alpha value is -5.87. The van der Waals surface area contributed by atoms with Crippen molar-refractivity contribution in [1.82, 2.24) is 15.1 Å². The van der Waals surface area contributed by atoms with Gasteiger partial charge in [0.25, 0.3) is 11.8 Å². The van der Waals surface area contributed by atoms with Gasteiger partial charge in [0.2, 0.25) is 5.91 Å². The number of benzene rings is 5. The SMILES string of the molecule is Cc1cc(NC(=O)c2cccc3cc(-c4cccc5c4c(N)nn5C(=O)[C@H](Cc4ccccc4)NC(=O)CN)ccc23)ccc1F. The standard InChI is InChI=1S/C36H31FN6O3/c1-21-17-25(14-16-29(21)37)40-35(45)28-11-5-9-23-19-24(13-15-26(23)28)27-10-6-12-31-33(27)34(39)42-43(31)36(46)30(41-32(44)20-38)18-22-7-3-2-4-8-22/h2-17,19,30H,18,20,38H2,1H3,(H2,39,42)(H,40,45)(H,41,44)/t30-/m0/s1. The summed E-state index contributed by atoms with van der Waals surface area (Å²) in [5, 5.41) is 12.1. The minimum absolute atomic E-state index is 0.158. The number of fused-ring (bicyclic) bond motifs is 2. The van der Waals surface area contributed by atoms with Crippen LogP contribution in [0.1, 0.15) is 26.3 Å². The molecule has 1 atom stereocenters. The number of hydrogen-bond acceptors (Lipinski definition) is 6. The van der Waals surface area contributed by atoms with E-state index in [1.807, 2.05) is 66.7 Å². The van der Waals surface area contributed by atoms with Crippen LogP contribution in [0, 0.1) is 12.7 Å². The number of anilines is 2. The van der Waals surface area contributed by atoms with Gasteiger partial charge >= 0.3 is 0 Å². The Labute approximate surface area is 264 Å². The van der Waals surface area contributed by atoms with Crippen LogP contribution in [0.5, 0.6) is 0 Å². The molecular weight excluding hydrogens is 583 g/mol. The lowest BCUT2D eigenvalue weighted by Gasteiger charge is -2.18. The fourth-order valence-corrected chi connectivity index (χ4v) is 5.63. The molecule has 0 radical (unpaired) electrons. The van der Waals surface area contributed by atoms with Gasteiger partial charge < -0.3 is 22.1 Å². The molecule has 6 N–H and O–H groups in total. The molecule has 0 aliphatic rings. The maximum Gasteiger partial charge on any atom is 0.270 e. The zero-order chi connectivity index (χ0) is 32.4. The minimum atomic E-state index is -0.923. The molecule has 0 unspecified atom stereocenters. The monoisotopic (exact) mass is 614 g/mol. The van der Waals surface area contributed by atoms with Gasteiger partial charge in [-0.15, -0.1) is 5.10 Å². The van der Waals surface area contributed by atoms with E-state index < -0.39 is 17.9 Å². The minimum Gasteiger partial charge on any atom is -0.382 e. The predicted octanol–water partition coefficient (Wildman–Crippen LogP) is 5.46. The lowest BCUT2D eigenvalue weighted by atomic mass is 9.96. The van der Waals surface area contributed by atoms with Crippen molar-refractivity contribution in [2.45, 2.75) is 19.4 Å². The van der Waals surface area contributed by atoms with Crippen molar-refractivity contribution in [3.8, 4) is 11.1 Å². The summed E-state index contributed by atoms with van der Waals surface area (Å²) in [6.45, 7) is 1.38. The van der Waals surface area contributed by atoms with Gasteiger partial charge in [-0.3, -0.25) is 14.4 Å². The smallest absolute Gasteiger partial charge is 0.270 e. The highest BCUT2D eigenvalue weighted by atomic mass is 19.1. The largest absolute Gasteiger partial charge is 0.382 e. The van der Waals surface area contributed by atoms with Crippen molar-refractivity contribution < 1.29 is 18.8 Å². The number of carbonyl (C=O) groups excluding carboxylic acids is 3. The van der Waals surface area contributed by atoms with E-state index in [1.54, 1.807) is 31.2 Å². The van der Waals surface area contributed by atoms with E-state index in [0.29, 0.717) is 27.7 Å². The molecule has 0 bridgehead atoms. The van der Waals surface area contributed by atoms with E-state index in [0.717, 1.165) is 27.5 Å². The van der Waals surface area contributed by atoms with Gasteiger partial charge in [0, 0.05) is 17.7 Å². The zero-order valence-corrected chi connectivity index (χ0v) is 25.0. The van der Waals surface area contributed by atoms with E-state index in [1.165, 1.54) is 16.8 Å². The second kappa shape index (κ2) is 12.6. The number of rotatable bonds is 8. The molecule has 6 aromatic rings. The molecule has 6 rings (SSSR count). The highest BCUT2D eigenvalue weighted by Crippen LogP contribution is 2.35. The van der Waals surface area contributed by atoms with Gasteiger partial charge in [0.05, 0.1) is 17.4 Å². The molecule has 230 valence electrons. The number of halogens is 1. The Morgan fingerprint density at radius 3 is 2.46 bits per heavy atom. The van der Waals surface area contributed by atoms with Crippen molar-refractivity contribution in [2.75, 3.05) is 17.6 Å². The van der Waals surface area contributed by atoms with Crippen molar-refractivity contribution in [2.24, 2.45) is 5.73 Å². The molecule has 1 aromatic heterocycles. The Bertz CT molecular complexity index is 2130. The second-order valence-electron chi connectivity index (χ2n) is 11.0. The molecule has 0 fully saturated rings. The van der Waals surface area contributed by atoms with Gasteiger partial charge in [-0.05, 0) is 76.3 Å². The summed E-state index contributed by atoms with van der Waals surface area (Å²) in [5.41, 5.74) is 16.3. The van der Waals surface area contributed by atoms with Crippen LogP contribution in [0.25, 0.3) is 32.8 Å². The molecular formula is C36H31FN6O3. The van der Waals surface area contributed by atoms with Crippen molar-refractivity contribution in [3.63, 3.8) is 0 Å². The lowest BCUT2D eigenvalue weighted by Crippen LogP contribution is -2.47. The highest BCUT2D eigenvalue weighted by Gasteiger charge is 2.26. The number of nitrogens with one attached hydrogen (secondary N) is 2. The molecule has 0 saturated carbocycles. The summed E-state index contributed by atoms with van der Waals surface area (Å²) in [7, 11) is 0. The number of nitrogens with zero attached hydrogens (tertiary/aromatic N) is 2. The number of aryl methyl sites for hydroxylation is 1. The summed E-state index contributed by atoms with van der Waals surface area (Å²) in [5.74, 6) is -1.41. The first kappa shape index (κ1) is 30.2. The number of aromatic nitrogens is 2. The normalized spacial score (nSPS) is 11.8. The summed E-state index contributed by atoms with van der Waals surface area (Å²) >= 11 is 0. The van der Waals surface area contributed by atoms with Crippen LogP contribution >= 0.6 is 0 Å². The maximum atomic E-state index is 13.9. The van der Waals surface area contributed by atoms with Gasteiger partial charge in [-0.1, -0.05) is 66.7 Å². The van der Waals surface area contributed by atoms with E-state index in [4.69, 9.17) is 11.5 Å². The first-order valence-corrected chi connectivity index (χ1v) is 14.7. The third-order valence-corrected chi connectivity index (χ3v) is 7.90. The van der Waals surface area contributed by atoms with E-state index in [2.05, 4.69) is 15.7 Å². The summed E-state index contributed by atoms with van der Waals surface area (Å²) in [6, 6.07) is 29.4. The third kappa shape index (κ3) is 5.93. The second-order valence-corrected chi connectivity index (χ2v) is 11.0. The number of amides is 2. The molecule has 0 aliphatic heterocycles.